The lowest BCUT2D eigenvalue weighted by Crippen LogP contribution is -2.57. The second kappa shape index (κ2) is 20.2. The summed E-state index contributed by atoms with van der Waals surface area (Å²) in [6, 6.07) is -0.219. The number of halogens is 1. The number of aryl methyl sites for hydroxylation is 1. The first-order valence-electron chi connectivity index (χ1n) is 20.7. The van der Waals surface area contributed by atoms with Crippen molar-refractivity contribution in [1.82, 2.24) is 35.7 Å². The number of nitrogens with two attached hydrogens (primary N) is 2. The molecule has 4 atom stereocenters. The zero-order chi connectivity index (χ0) is 47.2. The molecule has 346 valence electrons. The quantitative estimate of drug-likeness (QED) is 0.0527. The van der Waals surface area contributed by atoms with Gasteiger partial charge in [-0.05, 0) is 56.2 Å². The summed E-state index contributed by atoms with van der Waals surface area (Å²) < 4.78 is 32.2. The molecule has 4 heterocycles. The molecule has 5 rings (SSSR count). The second-order valence-electron chi connectivity index (χ2n) is 16.0. The van der Waals surface area contributed by atoms with Crippen molar-refractivity contribution < 1.29 is 57.3 Å². The molecule has 0 saturated carbocycles. The Morgan fingerprint density at radius 1 is 1.03 bits per heavy atom. The van der Waals surface area contributed by atoms with Crippen molar-refractivity contribution in [1.29, 1.82) is 0 Å². The maximum Gasteiger partial charge on any atom is 0.415 e. The van der Waals surface area contributed by atoms with Crippen LogP contribution in [0.15, 0.2) is 23.0 Å². The van der Waals surface area contributed by atoms with E-state index < -0.39 is 88.6 Å². The van der Waals surface area contributed by atoms with Gasteiger partial charge in [0, 0.05) is 55.7 Å². The van der Waals surface area contributed by atoms with Crippen molar-refractivity contribution in [2.24, 2.45) is 17.4 Å². The first-order valence-corrected chi connectivity index (χ1v) is 20.7. The number of hydrogen-bond donors (Lipinski definition) is 7. The van der Waals surface area contributed by atoms with Gasteiger partial charge in [-0.2, -0.15) is 0 Å². The smallest absolute Gasteiger partial charge is 0.415 e. The van der Waals surface area contributed by atoms with Gasteiger partial charge in [-0.3, -0.25) is 24.0 Å². The number of urea groups is 1. The van der Waals surface area contributed by atoms with Crippen LogP contribution in [-0.4, -0.2) is 113 Å². The average Bonchev–Trinajstić information content (AvgIpc) is 3.63. The van der Waals surface area contributed by atoms with Crippen LogP contribution < -0.4 is 43.0 Å². The van der Waals surface area contributed by atoms with Gasteiger partial charge in [-0.25, -0.2) is 23.8 Å². The lowest BCUT2D eigenvalue weighted by molar-refractivity contribution is -0.172. The number of cyclic esters (lactones) is 1. The molecule has 3 aromatic rings. The normalized spacial score (nSPS) is 16.3. The van der Waals surface area contributed by atoms with Crippen LogP contribution in [-0.2, 0) is 52.2 Å². The number of amides is 6. The van der Waals surface area contributed by atoms with Gasteiger partial charge >= 0.3 is 24.1 Å². The first-order chi connectivity index (χ1) is 30.2. The predicted molar refractivity (Wildman–Crippen MR) is 226 cm³/mol. The molecule has 0 aliphatic carbocycles. The standard InChI is InChI=1S/C42H54FN9O12/c1-7-42(61)25-16-30-34-23(18-52(30)38(57)24(25)19-63-39(42)58)21(4)22-15-31(26(43)17-29(22)48-34)64-41(60)51(5)14-13-46-36(55)28(9-8-12-47-40(45)59)49-37(56)33(20(2)3)50-35(54)27(44)10-11-32(53)62-6/h15-17,20,27-28,33,61H,7-14,18-19,44H2,1-6H3,(H,46,55)(H,49,56)(H,50,54)(H3,45,47,59)/t27?,28?,33?,42-/m0/s1. The highest BCUT2D eigenvalue weighted by atomic mass is 19.1. The molecule has 21 nitrogen and oxygen atoms in total. The fourth-order valence-corrected chi connectivity index (χ4v) is 7.44. The van der Waals surface area contributed by atoms with Crippen LogP contribution in [0.5, 0.6) is 5.75 Å². The molecule has 2 aromatic heterocycles. The van der Waals surface area contributed by atoms with Crippen LogP contribution in [0.2, 0.25) is 0 Å². The number of benzene rings is 1. The van der Waals surface area contributed by atoms with Crippen molar-refractivity contribution in [2.45, 2.75) is 96.7 Å². The Morgan fingerprint density at radius 2 is 1.75 bits per heavy atom. The second-order valence-corrected chi connectivity index (χ2v) is 16.0. The van der Waals surface area contributed by atoms with Crippen molar-refractivity contribution >= 4 is 52.7 Å². The number of ether oxygens (including phenoxy) is 3. The molecule has 3 unspecified atom stereocenters. The van der Waals surface area contributed by atoms with Crippen LogP contribution in [0.4, 0.5) is 14.0 Å². The Kier molecular flexibility index (Phi) is 15.3. The van der Waals surface area contributed by atoms with E-state index in [0.717, 1.165) is 11.0 Å². The molecule has 9 N–H and O–H groups in total. The van der Waals surface area contributed by atoms with E-state index >= 15 is 4.39 Å². The molecule has 0 saturated heterocycles. The number of rotatable bonds is 18. The Labute approximate surface area is 366 Å². The third kappa shape index (κ3) is 10.4. The number of fused-ring (bicyclic) bond motifs is 5. The van der Waals surface area contributed by atoms with Gasteiger partial charge in [0.25, 0.3) is 5.56 Å². The minimum Gasteiger partial charge on any atom is -0.469 e. The SMILES string of the molecule is CC[C@@]1(O)C(=O)OCc2c1cc1n(c2=O)Cc2c-1nc1cc(F)c(OC(=O)N(C)CCNC(=O)C(CCCNC(N)=O)NC(=O)C(NC(=O)C(N)CCC(=O)OC)C(C)C)cc1c2C. The molecule has 0 radical (unpaired) electrons. The molecule has 0 spiro atoms. The molecule has 2 aliphatic rings. The maximum absolute atomic E-state index is 15.6. The fourth-order valence-electron chi connectivity index (χ4n) is 7.44. The number of nitrogens with zero attached hydrogens (tertiary/aromatic N) is 3. The van der Waals surface area contributed by atoms with Crippen LogP contribution in [0.25, 0.3) is 22.3 Å². The van der Waals surface area contributed by atoms with Gasteiger partial charge in [0.1, 0.15) is 18.7 Å². The number of pyridine rings is 2. The van der Waals surface area contributed by atoms with Gasteiger partial charge in [-0.15, -0.1) is 0 Å². The Hall–Kier alpha value is -6.68. The summed E-state index contributed by atoms with van der Waals surface area (Å²) in [7, 11) is 2.56. The largest absolute Gasteiger partial charge is 0.469 e. The van der Waals surface area contributed by atoms with Crippen LogP contribution in [0.3, 0.4) is 0 Å². The number of hydrogen-bond acceptors (Lipinski definition) is 14. The van der Waals surface area contributed by atoms with Crippen molar-refractivity contribution in [3.8, 4) is 17.1 Å². The topological polar surface area (TPSA) is 306 Å². The third-order valence-electron chi connectivity index (χ3n) is 11.4. The van der Waals surface area contributed by atoms with Gasteiger partial charge in [0.2, 0.25) is 17.7 Å². The number of methoxy groups -OCH3 is 1. The monoisotopic (exact) mass is 895 g/mol. The molecular weight excluding hydrogens is 842 g/mol. The number of primary amides is 1. The van der Waals surface area contributed by atoms with Crippen molar-refractivity contribution in [3.05, 3.63) is 56.6 Å². The summed E-state index contributed by atoms with van der Waals surface area (Å²) in [6.07, 6.45) is -0.888. The van der Waals surface area contributed by atoms with Gasteiger partial charge in [0.15, 0.2) is 17.2 Å². The van der Waals surface area contributed by atoms with Gasteiger partial charge in [0.05, 0.1) is 42.2 Å². The highest BCUT2D eigenvalue weighted by molar-refractivity contribution is 5.94. The number of aromatic nitrogens is 2. The molecule has 0 fully saturated rings. The number of aliphatic hydroxyl groups is 1. The molecule has 0 bridgehead atoms. The van der Waals surface area contributed by atoms with Crippen molar-refractivity contribution in [2.75, 3.05) is 33.8 Å². The summed E-state index contributed by atoms with van der Waals surface area (Å²) in [4.78, 5) is 107. The van der Waals surface area contributed by atoms with Gasteiger partial charge in [-0.1, -0.05) is 20.8 Å². The van der Waals surface area contributed by atoms with Crippen molar-refractivity contribution in [3.63, 3.8) is 0 Å². The van der Waals surface area contributed by atoms with E-state index in [4.69, 9.17) is 20.9 Å². The highest BCUT2D eigenvalue weighted by Gasteiger charge is 2.45. The van der Waals surface area contributed by atoms with Crippen LogP contribution in [0.1, 0.15) is 75.1 Å². The van der Waals surface area contributed by atoms with E-state index in [1.54, 1.807) is 33.8 Å². The Bertz CT molecular complexity index is 2420. The summed E-state index contributed by atoms with van der Waals surface area (Å²) in [5.41, 5.74) is 11.1. The molecule has 64 heavy (non-hydrogen) atoms. The molecule has 1 aromatic carbocycles. The van der Waals surface area contributed by atoms with E-state index in [1.165, 1.54) is 24.8 Å². The van der Waals surface area contributed by atoms with E-state index in [2.05, 4.69) is 31.0 Å². The number of carbonyl (C=O) groups excluding carboxylic acids is 7. The summed E-state index contributed by atoms with van der Waals surface area (Å²) >= 11 is 0. The van der Waals surface area contributed by atoms with E-state index in [9.17, 15) is 43.5 Å². The Morgan fingerprint density at radius 3 is 2.41 bits per heavy atom. The minimum atomic E-state index is -2.02. The lowest BCUT2D eigenvalue weighted by atomic mass is 9.86. The molecular formula is C42H54FN9O12. The van der Waals surface area contributed by atoms with Gasteiger partial charge < -0.3 is 61.5 Å². The number of likely N-dealkylation sites (N-methyl/N-ethyl adjacent to an activating group) is 1. The average molecular weight is 896 g/mol. The molecule has 22 heteroatoms. The van der Waals surface area contributed by atoms with E-state index in [-0.39, 0.29) is 81.5 Å². The van der Waals surface area contributed by atoms with Crippen LogP contribution in [0, 0.1) is 18.7 Å². The summed E-state index contributed by atoms with van der Waals surface area (Å²) in [6.45, 7) is 6.33. The first kappa shape index (κ1) is 48.4. The van der Waals surface area contributed by atoms with Crippen LogP contribution >= 0.6 is 0 Å². The molecule has 6 amide bonds. The third-order valence-corrected chi connectivity index (χ3v) is 11.4. The van der Waals surface area contributed by atoms with E-state index in [1.807, 2.05) is 0 Å². The zero-order valence-electron chi connectivity index (χ0n) is 36.4. The maximum atomic E-state index is 15.6. The summed E-state index contributed by atoms with van der Waals surface area (Å²) in [5, 5.41) is 21.9. The Balaban J connectivity index is 1.24. The number of nitrogens with one attached hydrogen (secondary N) is 4. The predicted octanol–water partition coefficient (Wildman–Crippen LogP) is 0.429. The lowest BCUT2D eigenvalue weighted by Gasteiger charge is -2.31. The molecule has 2 aliphatic heterocycles. The fraction of sp³-hybridized carbons (Fsp3) is 0.500. The summed E-state index contributed by atoms with van der Waals surface area (Å²) in [5.74, 6) is -5.23. The zero-order valence-corrected chi connectivity index (χ0v) is 36.4. The number of esters is 2. The van der Waals surface area contributed by atoms with E-state index in [0.29, 0.717) is 27.9 Å². The highest BCUT2D eigenvalue weighted by Crippen LogP contribution is 2.40. The number of carbonyl (C=O) groups is 7. The minimum absolute atomic E-state index is 0.0297.